The quantitative estimate of drug-likeness (QED) is 0.424. The molecule has 0 radical (unpaired) electrons. The van der Waals surface area contributed by atoms with Crippen molar-refractivity contribution in [2.45, 2.75) is 53.1 Å². The highest BCUT2D eigenvalue weighted by Crippen LogP contribution is 2.44. The van der Waals surface area contributed by atoms with Gasteiger partial charge in [0.15, 0.2) is 6.79 Å². The van der Waals surface area contributed by atoms with Crippen molar-refractivity contribution in [2.75, 3.05) is 20.1 Å². The summed E-state index contributed by atoms with van der Waals surface area (Å²) in [6.45, 7) is 10.5. The van der Waals surface area contributed by atoms with Crippen LogP contribution < -0.4 is 4.74 Å². The van der Waals surface area contributed by atoms with Crippen LogP contribution in [0.5, 0.6) is 5.75 Å². The molecule has 0 heterocycles. The average molecular weight is 404 g/mol. The second-order valence-electron chi connectivity index (χ2n) is 7.78. The molecule has 0 saturated heterocycles. The van der Waals surface area contributed by atoms with Gasteiger partial charge in [0.1, 0.15) is 5.75 Å². The number of benzene rings is 2. The Kier molecular flexibility index (Phi) is 7.88. The maximum atomic E-state index is 12.1. The molecule has 0 aliphatic carbocycles. The molecule has 2 aromatic rings. The summed E-state index contributed by atoms with van der Waals surface area (Å²) in [6.07, 6.45) is 1.38. The molecule has 0 bridgehead atoms. The predicted molar refractivity (Wildman–Crippen MR) is 116 cm³/mol. The van der Waals surface area contributed by atoms with Gasteiger partial charge in [0, 0.05) is 19.4 Å². The minimum atomic E-state index is -3.07. The van der Waals surface area contributed by atoms with E-state index in [0.29, 0.717) is 12.1 Å². The summed E-state index contributed by atoms with van der Waals surface area (Å²) in [5.74, 6) is 1.21. The molecule has 0 aromatic heterocycles. The molecule has 0 fully saturated rings. The minimum Gasteiger partial charge on any atom is -0.467 e. The van der Waals surface area contributed by atoms with Crippen LogP contribution in [0.25, 0.3) is 0 Å². The van der Waals surface area contributed by atoms with Gasteiger partial charge in [-0.25, -0.2) is 0 Å². The van der Waals surface area contributed by atoms with Crippen molar-refractivity contribution in [1.29, 1.82) is 0 Å². The summed E-state index contributed by atoms with van der Waals surface area (Å²) in [4.78, 5) is 9.97. The molecule has 0 aliphatic rings. The van der Waals surface area contributed by atoms with E-state index in [1.54, 1.807) is 14.0 Å². The fraction of sp³-hybridized carbons (Fsp3) is 0.478. The van der Waals surface area contributed by atoms with E-state index in [2.05, 4.69) is 52.0 Å². The number of methoxy groups -OCH3 is 1. The zero-order valence-corrected chi connectivity index (χ0v) is 18.8. The molecule has 5 heteroatoms. The van der Waals surface area contributed by atoms with E-state index >= 15 is 0 Å². The van der Waals surface area contributed by atoms with Gasteiger partial charge in [-0.15, -0.1) is 0 Å². The maximum absolute atomic E-state index is 12.1. The summed E-state index contributed by atoms with van der Waals surface area (Å²) in [6, 6.07) is 10.4. The number of rotatable bonds is 9. The van der Waals surface area contributed by atoms with Crippen LogP contribution in [-0.4, -0.2) is 25.0 Å². The van der Waals surface area contributed by atoms with Crippen molar-refractivity contribution in [3.63, 3.8) is 0 Å². The lowest BCUT2D eigenvalue weighted by molar-refractivity contribution is 0.0502. The van der Waals surface area contributed by atoms with Crippen LogP contribution >= 0.6 is 7.37 Å². The maximum Gasteiger partial charge on any atom is 0.204 e. The molecule has 4 nitrogen and oxygen atoms in total. The van der Waals surface area contributed by atoms with Crippen LogP contribution in [0.15, 0.2) is 30.3 Å². The predicted octanol–water partition coefficient (Wildman–Crippen LogP) is 5.79. The third-order valence-corrected chi connectivity index (χ3v) is 6.94. The van der Waals surface area contributed by atoms with Gasteiger partial charge in [-0.2, -0.15) is 0 Å². The highest BCUT2D eigenvalue weighted by atomic mass is 31.2. The third-order valence-electron chi connectivity index (χ3n) is 5.09. The molecule has 0 spiro atoms. The molecule has 2 rings (SSSR count). The van der Waals surface area contributed by atoms with Crippen molar-refractivity contribution in [2.24, 2.45) is 0 Å². The summed E-state index contributed by atoms with van der Waals surface area (Å²) in [5, 5.41) is 0. The van der Waals surface area contributed by atoms with Crippen LogP contribution in [0.3, 0.4) is 0 Å². The third kappa shape index (κ3) is 5.94. The molecule has 1 atom stereocenters. The molecule has 1 unspecified atom stereocenters. The SMILES string of the molecule is CCP(=O)(O)Cc1cc(C)c(Cc2ccc(OCOC)c(C(C)C)c2)c(C)c1. The molecule has 28 heavy (non-hydrogen) atoms. The Morgan fingerprint density at radius 1 is 1.07 bits per heavy atom. The number of hydrogen-bond donors (Lipinski definition) is 1. The molecule has 2 aromatic carbocycles. The van der Waals surface area contributed by atoms with Crippen LogP contribution in [0.2, 0.25) is 0 Å². The van der Waals surface area contributed by atoms with E-state index in [-0.39, 0.29) is 13.0 Å². The average Bonchev–Trinajstić information content (AvgIpc) is 2.63. The highest BCUT2D eigenvalue weighted by molar-refractivity contribution is 7.57. The van der Waals surface area contributed by atoms with Crippen LogP contribution in [0.1, 0.15) is 60.1 Å². The van der Waals surface area contributed by atoms with E-state index in [4.69, 9.17) is 9.47 Å². The van der Waals surface area contributed by atoms with E-state index in [1.165, 1.54) is 16.7 Å². The van der Waals surface area contributed by atoms with Gasteiger partial charge in [0.25, 0.3) is 0 Å². The second-order valence-corrected chi connectivity index (χ2v) is 10.4. The Morgan fingerprint density at radius 2 is 1.71 bits per heavy atom. The lowest BCUT2D eigenvalue weighted by Gasteiger charge is -2.17. The second kappa shape index (κ2) is 9.73. The first-order chi connectivity index (χ1) is 13.2. The zero-order chi connectivity index (χ0) is 20.9. The largest absolute Gasteiger partial charge is 0.467 e. The van der Waals surface area contributed by atoms with Gasteiger partial charge in [-0.3, -0.25) is 4.57 Å². The summed E-state index contributed by atoms with van der Waals surface area (Å²) >= 11 is 0. The Balaban J connectivity index is 2.30. The molecule has 0 aliphatic heterocycles. The number of ether oxygens (including phenoxy) is 2. The normalized spacial score (nSPS) is 13.6. The number of aryl methyl sites for hydroxylation is 2. The monoisotopic (exact) mass is 404 g/mol. The lowest BCUT2D eigenvalue weighted by Crippen LogP contribution is -2.04. The number of hydrogen-bond acceptors (Lipinski definition) is 3. The van der Waals surface area contributed by atoms with E-state index in [0.717, 1.165) is 28.9 Å². The molecular formula is C23H33O4P. The Bertz CT molecular complexity index is 835. The molecule has 1 N–H and O–H groups in total. The first-order valence-electron chi connectivity index (χ1n) is 9.81. The van der Waals surface area contributed by atoms with Crippen LogP contribution in [0.4, 0.5) is 0 Å². The zero-order valence-electron chi connectivity index (χ0n) is 17.9. The van der Waals surface area contributed by atoms with Crippen molar-refractivity contribution >= 4 is 7.37 Å². The van der Waals surface area contributed by atoms with Gasteiger partial charge in [0.05, 0.1) is 0 Å². The van der Waals surface area contributed by atoms with Crippen molar-refractivity contribution in [1.82, 2.24) is 0 Å². The van der Waals surface area contributed by atoms with E-state index in [9.17, 15) is 9.46 Å². The molecule has 154 valence electrons. The fourth-order valence-corrected chi connectivity index (χ4v) is 4.44. The van der Waals surface area contributed by atoms with Gasteiger partial charge in [-0.05, 0) is 65.6 Å². The summed E-state index contributed by atoms with van der Waals surface area (Å²) < 4.78 is 22.8. The van der Waals surface area contributed by atoms with Crippen molar-refractivity contribution < 1.29 is 18.9 Å². The summed E-state index contributed by atoms with van der Waals surface area (Å²) in [5.41, 5.74) is 6.94. The van der Waals surface area contributed by atoms with Crippen molar-refractivity contribution in [3.8, 4) is 5.75 Å². The van der Waals surface area contributed by atoms with Crippen LogP contribution in [0, 0.1) is 13.8 Å². The highest BCUT2D eigenvalue weighted by Gasteiger charge is 2.17. The van der Waals surface area contributed by atoms with E-state index < -0.39 is 7.37 Å². The summed E-state index contributed by atoms with van der Waals surface area (Å²) in [7, 11) is -1.45. The first kappa shape index (κ1) is 22.7. The first-order valence-corrected chi connectivity index (χ1v) is 11.8. The Labute approximate surface area is 169 Å². The fourth-order valence-electron chi connectivity index (χ4n) is 3.47. The standard InChI is InChI=1S/C23H33O4P/c1-7-28(24,25)14-20-10-17(4)22(18(5)11-20)13-19-8-9-23(27-15-26-6)21(12-19)16(2)3/h8-12,16H,7,13-15H2,1-6H3,(H,24,25). The van der Waals surface area contributed by atoms with Crippen molar-refractivity contribution in [3.05, 3.63) is 63.7 Å². The molecule has 0 amide bonds. The smallest absolute Gasteiger partial charge is 0.204 e. The molecule has 0 saturated carbocycles. The minimum absolute atomic E-state index is 0.241. The van der Waals surface area contributed by atoms with Gasteiger partial charge >= 0.3 is 0 Å². The topological polar surface area (TPSA) is 55.8 Å². The van der Waals surface area contributed by atoms with E-state index in [1.807, 2.05) is 6.07 Å². The van der Waals surface area contributed by atoms with Crippen LogP contribution in [-0.2, 0) is 21.9 Å². The Hall–Kier alpha value is -1.61. The van der Waals surface area contributed by atoms with Gasteiger partial charge in [0.2, 0.25) is 7.37 Å². The molecular weight excluding hydrogens is 371 g/mol. The Morgan fingerprint density at radius 3 is 2.25 bits per heavy atom. The van der Waals surface area contributed by atoms with Gasteiger partial charge in [-0.1, -0.05) is 45.0 Å². The lowest BCUT2D eigenvalue weighted by atomic mass is 9.92. The van der Waals surface area contributed by atoms with Gasteiger partial charge < -0.3 is 14.4 Å².